The third kappa shape index (κ3) is 5.42. The van der Waals surface area contributed by atoms with Gasteiger partial charge in [0.15, 0.2) is 0 Å². The molecule has 0 radical (unpaired) electrons. The summed E-state index contributed by atoms with van der Waals surface area (Å²) in [6.07, 6.45) is 3.17. The number of benzene rings is 1. The summed E-state index contributed by atoms with van der Waals surface area (Å²) in [4.78, 5) is 55.8. The molecule has 2 aliphatic heterocycles. The molecule has 0 atom stereocenters. The summed E-state index contributed by atoms with van der Waals surface area (Å²) in [6.45, 7) is 4.38. The molecule has 0 aliphatic carbocycles. The van der Waals surface area contributed by atoms with Gasteiger partial charge in [-0.05, 0) is 37.8 Å². The van der Waals surface area contributed by atoms with Crippen molar-refractivity contribution in [2.45, 2.75) is 45.1 Å². The molecule has 0 aromatic heterocycles. The van der Waals surface area contributed by atoms with Crippen LogP contribution < -0.4 is 0 Å². The molecule has 8 nitrogen and oxygen atoms in total. The van der Waals surface area contributed by atoms with Crippen LogP contribution in [0.3, 0.4) is 0 Å². The van der Waals surface area contributed by atoms with Gasteiger partial charge in [0.05, 0.1) is 0 Å². The Morgan fingerprint density at radius 3 is 2.35 bits per heavy atom. The minimum atomic E-state index is -0.293. The van der Waals surface area contributed by atoms with Crippen LogP contribution >= 0.6 is 0 Å². The molecule has 0 saturated carbocycles. The van der Waals surface area contributed by atoms with Gasteiger partial charge in [-0.15, -0.1) is 0 Å². The number of likely N-dealkylation sites (N-methyl/N-ethyl adjacent to an activating group) is 1. The fourth-order valence-electron chi connectivity index (χ4n) is 4.32. The lowest BCUT2D eigenvalue weighted by atomic mass is 10.0. The second kappa shape index (κ2) is 10.4. The van der Waals surface area contributed by atoms with Crippen LogP contribution in [-0.4, -0.2) is 89.2 Å². The number of hydrogen-bond acceptors (Lipinski definition) is 4. The SMILES string of the molecule is CCCN(C(=O)CCCN1C(=O)CN(C)C1=O)C1CCN(C(=O)c2ccccc2)CC1. The normalized spacial score (nSPS) is 17.4. The number of likely N-dealkylation sites (tertiary alicyclic amines) is 1. The number of nitrogens with zero attached hydrogens (tertiary/aromatic N) is 4. The van der Waals surface area contributed by atoms with E-state index in [0.717, 1.165) is 19.3 Å². The molecule has 2 heterocycles. The number of urea groups is 1. The summed E-state index contributed by atoms with van der Waals surface area (Å²) in [5, 5.41) is 0. The zero-order valence-corrected chi connectivity index (χ0v) is 18.5. The Labute approximate surface area is 183 Å². The maximum atomic E-state index is 12.9. The third-order valence-electron chi connectivity index (χ3n) is 6.00. The molecule has 2 aliphatic rings. The van der Waals surface area contributed by atoms with Crippen molar-refractivity contribution < 1.29 is 19.2 Å². The van der Waals surface area contributed by atoms with Gasteiger partial charge in [-0.25, -0.2) is 4.79 Å². The van der Waals surface area contributed by atoms with Gasteiger partial charge in [0, 0.05) is 51.3 Å². The number of piperidine rings is 1. The van der Waals surface area contributed by atoms with E-state index >= 15 is 0 Å². The molecule has 0 N–H and O–H groups in total. The van der Waals surface area contributed by atoms with Crippen molar-refractivity contribution >= 4 is 23.8 Å². The molecule has 31 heavy (non-hydrogen) atoms. The van der Waals surface area contributed by atoms with E-state index in [1.807, 2.05) is 47.1 Å². The Bertz CT molecular complexity index is 805. The first-order chi connectivity index (χ1) is 14.9. The lowest BCUT2D eigenvalue weighted by Crippen LogP contribution is -2.49. The lowest BCUT2D eigenvalue weighted by Gasteiger charge is -2.38. The Hall–Kier alpha value is -2.90. The fraction of sp³-hybridized carbons (Fsp3) is 0.565. The van der Waals surface area contributed by atoms with Crippen molar-refractivity contribution in [2.75, 3.05) is 39.8 Å². The van der Waals surface area contributed by atoms with Crippen LogP contribution in [0.5, 0.6) is 0 Å². The van der Waals surface area contributed by atoms with E-state index in [0.29, 0.717) is 38.0 Å². The highest BCUT2D eigenvalue weighted by Gasteiger charge is 2.33. The van der Waals surface area contributed by atoms with E-state index in [2.05, 4.69) is 0 Å². The lowest BCUT2D eigenvalue weighted by molar-refractivity contribution is -0.135. The van der Waals surface area contributed by atoms with Crippen LogP contribution in [0.4, 0.5) is 4.79 Å². The van der Waals surface area contributed by atoms with Gasteiger partial charge in [-0.1, -0.05) is 25.1 Å². The molecule has 3 rings (SSSR count). The van der Waals surface area contributed by atoms with Crippen LogP contribution in [0.25, 0.3) is 0 Å². The highest BCUT2D eigenvalue weighted by molar-refractivity contribution is 6.01. The summed E-state index contributed by atoms with van der Waals surface area (Å²) >= 11 is 0. The van der Waals surface area contributed by atoms with E-state index < -0.39 is 0 Å². The quantitative estimate of drug-likeness (QED) is 0.595. The molecular weight excluding hydrogens is 396 g/mol. The van der Waals surface area contributed by atoms with Crippen molar-refractivity contribution in [3.05, 3.63) is 35.9 Å². The van der Waals surface area contributed by atoms with Crippen LogP contribution in [0, 0.1) is 0 Å². The van der Waals surface area contributed by atoms with Crippen molar-refractivity contribution in [2.24, 2.45) is 0 Å². The van der Waals surface area contributed by atoms with Gasteiger partial charge >= 0.3 is 6.03 Å². The Balaban J connectivity index is 1.50. The number of carbonyl (C=O) groups excluding carboxylic acids is 4. The smallest absolute Gasteiger partial charge is 0.326 e. The summed E-state index contributed by atoms with van der Waals surface area (Å²) in [5.41, 5.74) is 0.694. The van der Waals surface area contributed by atoms with Gasteiger partial charge in [0.2, 0.25) is 11.8 Å². The summed E-state index contributed by atoms with van der Waals surface area (Å²) < 4.78 is 0. The molecule has 0 bridgehead atoms. The largest absolute Gasteiger partial charge is 0.340 e. The van der Waals surface area contributed by atoms with E-state index in [1.54, 1.807) is 7.05 Å². The number of rotatable bonds is 8. The maximum absolute atomic E-state index is 12.9. The number of hydrogen-bond donors (Lipinski definition) is 0. The molecule has 1 aromatic rings. The summed E-state index contributed by atoms with van der Waals surface area (Å²) in [5.74, 6) is -0.111. The number of imide groups is 1. The highest BCUT2D eigenvalue weighted by atomic mass is 16.2. The van der Waals surface area contributed by atoms with Gasteiger partial charge in [0.1, 0.15) is 6.54 Å². The van der Waals surface area contributed by atoms with E-state index in [4.69, 9.17) is 0 Å². The van der Waals surface area contributed by atoms with Gasteiger partial charge in [-0.2, -0.15) is 0 Å². The average Bonchev–Trinajstić information content (AvgIpc) is 3.03. The molecule has 168 valence electrons. The van der Waals surface area contributed by atoms with Gasteiger partial charge in [-0.3, -0.25) is 19.3 Å². The number of carbonyl (C=O) groups is 4. The Morgan fingerprint density at radius 1 is 1.10 bits per heavy atom. The molecule has 0 unspecified atom stereocenters. The standard InChI is InChI=1S/C23H32N4O4/c1-3-13-26(20(28)10-7-14-27-21(29)17-24(2)23(27)31)19-11-15-25(16-12-19)22(30)18-8-5-4-6-9-18/h4-6,8-9,19H,3,7,10-17H2,1-2H3. The summed E-state index contributed by atoms with van der Waals surface area (Å²) in [7, 11) is 1.60. The van der Waals surface area contributed by atoms with Crippen LogP contribution in [0.1, 0.15) is 49.4 Å². The number of amides is 5. The Kier molecular flexibility index (Phi) is 7.65. The average molecular weight is 429 g/mol. The van der Waals surface area contributed by atoms with Crippen molar-refractivity contribution in [1.82, 2.24) is 19.6 Å². The monoisotopic (exact) mass is 428 g/mol. The van der Waals surface area contributed by atoms with Crippen molar-refractivity contribution in [3.63, 3.8) is 0 Å². The van der Waals surface area contributed by atoms with Gasteiger partial charge in [0.25, 0.3) is 5.91 Å². The first-order valence-corrected chi connectivity index (χ1v) is 11.1. The minimum Gasteiger partial charge on any atom is -0.340 e. The van der Waals surface area contributed by atoms with Crippen molar-refractivity contribution in [3.8, 4) is 0 Å². The first-order valence-electron chi connectivity index (χ1n) is 11.1. The molecule has 8 heteroatoms. The predicted molar refractivity (Wildman–Crippen MR) is 116 cm³/mol. The topological polar surface area (TPSA) is 81.2 Å². The highest BCUT2D eigenvalue weighted by Crippen LogP contribution is 2.20. The first kappa shape index (κ1) is 22.8. The second-order valence-electron chi connectivity index (χ2n) is 8.26. The third-order valence-corrected chi connectivity index (χ3v) is 6.00. The van der Waals surface area contributed by atoms with E-state index in [9.17, 15) is 19.2 Å². The molecule has 2 saturated heterocycles. The van der Waals surface area contributed by atoms with Crippen molar-refractivity contribution in [1.29, 1.82) is 0 Å². The van der Waals surface area contributed by atoms with E-state index in [1.165, 1.54) is 9.80 Å². The zero-order valence-electron chi connectivity index (χ0n) is 18.5. The van der Waals surface area contributed by atoms with Crippen LogP contribution in [0.15, 0.2) is 30.3 Å². The predicted octanol–water partition coefficient (Wildman–Crippen LogP) is 2.20. The Morgan fingerprint density at radius 2 is 1.77 bits per heavy atom. The maximum Gasteiger partial charge on any atom is 0.326 e. The minimum absolute atomic E-state index is 0.0392. The molecular formula is C23H32N4O4. The van der Waals surface area contributed by atoms with Crippen LogP contribution in [-0.2, 0) is 9.59 Å². The van der Waals surface area contributed by atoms with Gasteiger partial charge < -0.3 is 14.7 Å². The molecule has 0 spiro atoms. The molecule has 1 aromatic carbocycles. The fourth-order valence-corrected chi connectivity index (χ4v) is 4.32. The molecule has 5 amide bonds. The summed E-state index contributed by atoms with van der Waals surface area (Å²) in [6, 6.07) is 9.10. The second-order valence-corrected chi connectivity index (χ2v) is 8.26. The van der Waals surface area contributed by atoms with Crippen LogP contribution in [0.2, 0.25) is 0 Å². The molecule has 2 fully saturated rings. The van der Waals surface area contributed by atoms with E-state index in [-0.39, 0.29) is 42.9 Å². The zero-order chi connectivity index (χ0) is 22.4.